The molecule has 12 heteroatoms. The summed E-state index contributed by atoms with van der Waals surface area (Å²) in [4.78, 5) is 22.8. The molecule has 2 aromatic rings. The number of amides is 1. The van der Waals surface area contributed by atoms with Crippen LogP contribution in [0.15, 0.2) is 47.6 Å². The minimum Gasteiger partial charge on any atom is -0.494 e. The zero-order valence-corrected chi connectivity index (χ0v) is 18.6. The second kappa shape index (κ2) is 10.2. The van der Waals surface area contributed by atoms with E-state index < -0.39 is 26.9 Å². The second-order valence-electron chi connectivity index (χ2n) is 6.36. The minimum absolute atomic E-state index is 0.190. The normalized spacial score (nSPS) is 12.4. The molecule has 0 aliphatic rings. The lowest BCUT2D eigenvalue weighted by Crippen LogP contribution is -2.46. The van der Waals surface area contributed by atoms with Gasteiger partial charge in [0.2, 0.25) is 10.0 Å². The van der Waals surface area contributed by atoms with Crippen molar-refractivity contribution in [2.75, 3.05) is 17.2 Å². The van der Waals surface area contributed by atoms with E-state index in [1.165, 1.54) is 37.3 Å². The van der Waals surface area contributed by atoms with Crippen LogP contribution < -0.4 is 14.5 Å². The van der Waals surface area contributed by atoms with E-state index in [9.17, 15) is 23.3 Å². The highest BCUT2D eigenvalue weighted by Crippen LogP contribution is 2.24. The van der Waals surface area contributed by atoms with Gasteiger partial charge in [0, 0.05) is 22.7 Å². The molecule has 2 rings (SSSR count). The molecule has 0 unspecified atom stereocenters. The average Bonchev–Trinajstić information content (AvgIpc) is 2.69. The zero-order chi connectivity index (χ0) is 23.2. The van der Waals surface area contributed by atoms with Gasteiger partial charge in [-0.3, -0.25) is 19.2 Å². The number of nitrogens with one attached hydrogen (secondary N) is 1. The topological polar surface area (TPSA) is 131 Å². The third-order valence-corrected chi connectivity index (χ3v) is 5.65. The number of benzene rings is 2. The molecule has 166 valence electrons. The van der Waals surface area contributed by atoms with Crippen molar-refractivity contribution in [2.24, 2.45) is 5.10 Å². The summed E-state index contributed by atoms with van der Waals surface area (Å²) in [6.07, 6.45) is 2.13. The van der Waals surface area contributed by atoms with Gasteiger partial charge in [-0.2, -0.15) is 5.10 Å². The van der Waals surface area contributed by atoms with E-state index in [1.54, 1.807) is 12.1 Å². The van der Waals surface area contributed by atoms with E-state index in [4.69, 9.17) is 16.3 Å². The third-order valence-electron chi connectivity index (χ3n) is 4.06. The van der Waals surface area contributed by atoms with Crippen LogP contribution >= 0.6 is 11.6 Å². The number of ether oxygens (including phenoxy) is 1. The standard InChI is InChI=1S/C19H21ClN4O6S/c1-4-30-17-8-5-15(6-9-17)23(31(3,28)29)13(2)19(25)22-21-12-14-11-16(24(26)27)7-10-18(14)20/h5-13H,4H2,1-3H3,(H,22,25)/b21-12-/t13-/m1/s1. The fraction of sp³-hybridized carbons (Fsp3) is 0.263. The summed E-state index contributed by atoms with van der Waals surface area (Å²) in [6.45, 7) is 3.69. The first-order chi connectivity index (χ1) is 14.5. The molecule has 2 aromatic carbocycles. The monoisotopic (exact) mass is 468 g/mol. The Balaban J connectivity index is 2.19. The molecule has 0 spiro atoms. The lowest BCUT2D eigenvalue weighted by Gasteiger charge is -2.27. The van der Waals surface area contributed by atoms with E-state index in [2.05, 4.69) is 10.5 Å². The lowest BCUT2D eigenvalue weighted by atomic mass is 10.2. The fourth-order valence-corrected chi connectivity index (χ4v) is 4.01. The van der Waals surface area contributed by atoms with Crippen LogP contribution in [0.3, 0.4) is 0 Å². The van der Waals surface area contributed by atoms with Gasteiger partial charge in [-0.15, -0.1) is 0 Å². The molecular weight excluding hydrogens is 448 g/mol. The fourth-order valence-electron chi connectivity index (χ4n) is 2.67. The predicted molar refractivity (Wildman–Crippen MR) is 118 cm³/mol. The van der Waals surface area contributed by atoms with Gasteiger partial charge in [0.15, 0.2) is 0 Å². The summed E-state index contributed by atoms with van der Waals surface area (Å²) in [7, 11) is -3.80. The third kappa shape index (κ3) is 6.40. The van der Waals surface area contributed by atoms with E-state index in [-0.39, 0.29) is 22.0 Å². The first-order valence-electron chi connectivity index (χ1n) is 9.03. The van der Waals surface area contributed by atoms with Gasteiger partial charge in [-0.25, -0.2) is 13.8 Å². The van der Waals surface area contributed by atoms with Crippen molar-refractivity contribution in [1.29, 1.82) is 0 Å². The van der Waals surface area contributed by atoms with Crippen molar-refractivity contribution < 1.29 is 22.9 Å². The van der Waals surface area contributed by atoms with Crippen molar-refractivity contribution in [1.82, 2.24) is 5.43 Å². The summed E-state index contributed by atoms with van der Waals surface area (Å²) >= 11 is 5.98. The van der Waals surface area contributed by atoms with E-state index in [0.29, 0.717) is 12.4 Å². The number of non-ortho nitro benzene ring substituents is 1. The number of sulfonamides is 1. The molecule has 0 fully saturated rings. The van der Waals surface area contributed by atoms with Crippen LogP contribution in [-0.4, -0.2) is 44.4 Å². The molecule has 0 aromatic heterocycles. The van der Waals surface area contributed by atoms with Gasteiger partial charge >= 0.3 is 0 Å². The molecule has 10 nitrogen and oxygen atoms in total. The number of hydrogen-bond acceptors (Lipinski definition) is 7. The molecule has 1 atom stereocenters. The highest BCUT2D eigenvalue weighted by Gasteiger charge is 2.29. The first-order valence-corrected chi connectivity index (χ1v) is 11.3. The van der Waals surface area contributed by atoms with Crippen molar-refractivity contribution in [3.8, 4) is 5.75 Å². The van der Waals surface area contributed by atoms with Crippen LogP contribution in [0.4, 0.5) is 11.4 Å². The number of carbonyl (C=O) groups excluding carboxylic acids is 1. The summed E-state index contributed by atoms with van der Waals surface area (Å²) in [5.41, 5.74) is 2.54. The summed E-state index contributed by atoms with van der Waals surface area (Å²) < 4.78 is 30.9. The maximum Gasteiger partial charge on any atom is 0.270 e. The van der Waals surface area contributed by atoms with Gasteiger partial charge < -0.3 is 4.74 Å². The number of hydrogen-bond donors (Lipinski definition) is 1. The Morgan fingerprint density at radius 3 is 2.52 bits per heavy atom. The van der Waals surface area contributed by atoms with Crippen LogP contribution in [0, 0.1) is 10.1 Å². The van der Waals surface area contributed by atoms with Crippen LogP contribution in [0.25, 0.3) is 0 Å². The van der Waals surface area contributed by atoms with Crippen molar-refractivity contribution >= 4 is 45.1 Å². The van der Waals surface area contributed by atoms with Crippen LogP contribution in [0.5, 0.6) is 5.75 Å². The summed E-state index contributed by atoms with van der Waals surface area (Å²) in [5.74, 6) is -0.146. The van der Waals surface area contributed by atoms with Crippen LogP contribution in [0.1, 0.15) is 19.4 Å². The molecule has 0 aliphatic carbocycles. The smallest absolute Gasteiger partial charge is 0.270 e. The Morgan fingerprint density at radius 1 is 1.32 bits per heavy atom. The second-order valence-corrected chi connectivity index (χ2v) is 8.63. The molecule has 31 heavy (non-hydrogen) atoms. The highest BCUT2D eigenvalue weighted by atomic mass is 35.5. The number of anilines is 1. The van der Waals surface area contributed by atoms with Crippen molar-refractivity contribution in [3.63, 3.8) is 0 Å². The van der Waals surface area contributed by atoms with E-state index in [0.717, 1.165) is 16.8 Å². The maximum atomic E-state index is 12.5. The van der Waals surface area contributed by atoms with Gasteiger partial charge in [-0.1, -0.05) is 11.6 Å². The summed E-state index contributed by atoms with van der Waals surface area (Å²) in [6, 6.07) is 8.90. The number of nitrogens with zero attached hydrogens (tertiary/aromatic N) is 3. The molecule has 0 radical (unpaired) electrons. The Kier molecular flexibility index (Phi) is 7.95. The quantitative estimate of drug-likeness (QED) is 0.342. The number of nitro benzene ring substituents is 1. The Hall–Kier alpha value is -3.18. The van der Waals surface area contributed by atoms with E-state index >= 15 is 0 Å². The van der Waals surface area contributed by atoms with Gasteiger partial charge in [0.05, 0.1) is 29.7 Å². The molecule has 1 amide bonds. The summed E-state index contributed by atoms with van der Waals surface area (Å²) in [5, 5.41) is 14.8. The number of carbonyl (C=O) groups is 1. The molecule has 0 aliphatic heterocycles. The zero-order valence-electron chi connectivity index (χ0n) is 17.0. The highest BCUT2D eigenvalue weighted by molar-refractivity contribution is 7.92. The minimum atomic E-state index is -3.80. The largest absolute Gasteiger partial charge is 0.494 e. The molecule has 0 heterocycles. The lowest BCUT2D eigenvalue weighted by molar-refractivity contribution is -0.384. The maximum absolute atomic E-state index is 12.5. The SMILES string of the molecule is CCOc1ccc(N([C@H](C)C(=O)N/N=C\c2cc([N+](=O)[O-])ccc2Cl)S(C)(=O)=O)cc1. The van der Waals surface area contributed by atoms with Gasteiger partial charge in [-0.05, 0) is 44.2 Å². The molecule has 1 N–H and O–H groups in total. The number of nitro groups is 1. The van der Waals surface area contributed by atoms with Crippen molar-refractivity contribution in [2.45, 2.75) is 19.9 Å². The van der Waals surface area contributed by atoms with Crippen molar-refractivity contribution in [3.05, 3.63) is 63.2 Å². The number of rotatable bonds is 9. The molecule has 0 bridgehead atoms. The Bertz CT molecular complexity index is 1090. The van der Waals surface area contributed by atoms with Gasteiger partial charge in [0.25, 0.3) is 11.6 Å². The number of hydrazone groups is 1. The first kappa shape index (κ1) is 24.1. The van der Waals surface area contributed by atoms with E-state index in [1.807, 2.05) is 6.92 Å². The van der Waals surface area contributed by atoms with Gasteiger partial charge in [0.1, 0.15) is 11.8 Å². The van der Waals surface area contributed by atoms with Crippen LogP contribution in [0.2, 0.25) is 5.02 Å². The molecule has 0 saturated heterocycles. The molecule has 0 saturated carbocycles. The Morgan fingerprint density at radius 2 is 1.97 bits per heavy atom. The number of halogens is 1. The predicted octanol–water partition coefficient (Wildman–Crippen LogP) is 2.95. The van der Waals surface area contributed by atoms with Crippen LogP contribution in [-0.2, 0) is 14.8 Å². The average molecular weight is 469 g/mol. The Labute approximate surface area is 184 Å². The molecular formula is C19H21ClN4O6S.